The van der Waals surface area contributed by atoms with Gasteiger partial charge in [-0.05, 0) is 113 Å². The zero-order valence-electron chi connectivity index (χ0n) is 32.2. The van der Waals surface area contributed by atoms with E-state index >= 15 is 0 Å². The van der Waals surface area contributed by atoms with Crippen LogP contribution in [-0.4, -0.2) is 75.9 Å². The number of aliphatic imine (C=N–C) groups is 1. The van der Waals surface area contributed by atoms with Gasteiger partial charge in [0, 0.05) is 25.8 Å². The van der Waals surface area contributed by atoms with Gasteiger partial charge in [0.1, 0.15) is 29.7 Å². The Balaban J connectivity index is 1.53. The monoisotopic (exact) mass is 767 g/mol. The highest BCUT2D eigenvalue weighted by Gasteiger charge is 2.34. The molecule has 54 heavy (non-hydrogen) atoms. The van der Waals surface area contributed by atoms with Crippen LogP contribution in [0.5, 0.6) is 11.5 Å². The maximum absolute atomic E-state index is 13.7. The first-order valence-corrected chi connectivity index (χ1v) is 19.6. The van der Waals surface area contributed by atoms with Crippen molar-refractivity contribution in [3.63, 3.8) is 0 Å². The zero-order chi connectivity index (χ0) is 39.8. The smallest absolute Gasteiger partial charge is 0.328 e. The number of benzene rings is 2. The summed E-state index contributed by atoms with van der Waals surface area (Å²) in [7, 11) is -2.91. The third-order valence-corrected chi connectivity index (χ3v) is 11.4. The molecule has 3 heterocycles. The molecule has 294 valence electrons. The Morgan fingerprint density at radius 1 is 1.06 bits per heavy atom. The van der Waals surface area contributed by atoms with Crippen LogP contribution >= 0.6 is 0 Å². The number of guanidine groups is 1. The minimum Gasteiger partial charge on any atom is -0.490 e. The summed E-state index contributed by atoms with van der Waals surface area (Å²) in [5, 5.41) is 5.42. The minimum atomic E-state index is -4.13. The Labute approximate surface area is 317 Å². The molecular weight excluding hydrogens is 715 g/mol. The molecule has 0 saturated heterocycles. The molecule has 15 heteroatoms. The molecule has 2 bridgehead atoms. The summed E-state index contributed by atoms with van der Waals surface area (Å²) in [5.41, 5.74) is 9.26. The number of fused-ring (bicyclic) bond motifs is 14. The van der Waals surface area contributed by atoms with Crippen molar-refractivity contribution in [3.05, 3.63) is 64.2 Å². The van der Waals surface area contributed by atoms with Gasteiger partial charge in [0.25, 0.3) is 10.0 Å². The lowest BCUT2D eigenvalue weighted by Crippen LogP contribution is -2.46. The van der Waals surface area contributed by atoms with Crippen LogP contribution in [0.4, 0.5) is 0 Å². The van der Waals surface area contributed by atoms with Crippen LogP contribution in [0, 0.1) is 26.7 Å². The number of nitrogens with zero attached hydrogens (tertiary/aromatic N) is 1. The maximum atomic E-state index is 13.7. The number of rotatable bonds is 8. The Bertz CT molecular complexity index is 1910. The zero-order valence-corrected chi connectivity index (χ0v) is 33.0. The van der Waals surface area contributed by atoms with Crippen molar-refractivity contribution in [1.82, 2.24) is 15.4 Å². The van der Waals surface area contributed by atoms with Crippen molar-refractivity contribution in [2.24, 2.45) is 16.6 Å². The van der Waals surface area contributed by atoms with Gasteiger partial charge < -0.3 is 30.6 Å². The molecule has 14 nitrogen and oxygen atoms in total. The number of carbonyl (C=O) groups is 4. The van der Waals surface area contributed by atoms with Crippen LogP contribution in [-0.2, 0) is 46.8 Å². The van der Waals surface area contributed by atoms with Gasteiger partial charge in [-0.1, -0.05) is 24.3 Å². The summed E-state index contributed by atoms with van der Waals surface area (Å²) in [4.78, 5) is 56.5. The number of carbonyl (C=O) groups excluding carboxylic acids is 4. The van der Waals surface area contributed by atoms with E-state index in [-0.39, 0.29) is 67.5 Å². The average molecular weight is 768 g/mol. The summed E-state index contributed by atoms with van der Waals surface area (Å²) in [5.74, 6) is -1.93. The van der Waals surface area contributed by atoms with Crippen molar-refractivity contribution in [2.45, 2.75) is 109 Å². The SMILES string of the molecule is COC(=O)[C@@H]1C/C=C\COc2ccc(cc2)C[C@H](NC(C)=O)C(=O)C[C@@H](CCCN=C(N)NS(=O)(=O)c2c(C)c(C)c3c(c2C)CCC(C)(C)O3)C(=O)N1. The summed E-state index contributed by atoms with van der Waals surface area (Å²) < 4.78 is 46.6. The van der Waals surface area contributed by atoms with Crippen LogP contribution < -0.4 is 30.6 Å². The second-order valence-electron chi connectivity index (χ2n) is 14.5. The van der Waals surface area contributed by atoms with E-state index in [0.717, 1.165) is 28.9 Å². The Kier molecular flexibility index (Phi) is 13.9. The van der Waals surface area contributed by atoms with Crippen molar-refractivity contribution in [1.29, 1.82) is 0 Å². The van der Waals surface area contributed by atoms with Gasteiger partial charge in [0.05, 0.1) is 18.0 Å². The number of methoxy groups -OCH3 is 1. The topological polar surface area (TPSA) is 205 Å². The first kappa shape index (κ1) is 41.8. The fourth-order valence-electron chi connectivity index (χ4n) is 6.76. The van der Waals surface area contributed by atoms with Crippen molar-refractivity contribution >= 4 is 39.5 Å². The number of Topliss-reactive ketones (excluding diaryl/α,β-unsaturated/α-hetero) is 1. The van der Waals surface area contributed by atoms with E-state index < -0.39 is 45.8 Å². The highest BCUT2D eigenvalue weighted by Crippen LogP contribution is 2.42. The lowest BCUT2D eigenvalue weighted by Gasteiger charge is -2.35. The molecule has 5 rings (SSSR count). The van der Waals surface area contributed by atoms with E-state index in [1.165, 1.54) is 14.0 Å². The quantitative estimate of drug-likeness (QED) is 0.101. The largest absolute Gasteiger partial charge is 0.490 e. The number of nitrogens with one attached hydrogen (secondary N) is 3. The summed E-state index contributed by atoms with van der Waals surface area (Å²) in [6, 6.07) is 5.19. The predicted molar refractivity (Wildman–Crippen MR) is 204 cm³/mol. The second kappa shape index (κ2) is 17.9. The van der Waals surface area contributed by atoms with Crippen LogP contribution in [0.1, 0.15) is 80.7 Å². The van der Waals surface area contributed by atoms with Gasteiger partial charge in [-0.2, -0.15) is 0 Å². The standard InChI is InChI=1S/C39H53N5O9S/c1-23-24(2)35(25(3)30-17-18-39(5,6)53-34(23)30)54(49,50)44-38(40)41-19-10-11-28-22-33(46)32(42-26(4)45)21-27-13-15-29(16-14-27)52-20-9-8-12-31(37(48)51-7)43-36(28)47/h8-9,13-16,28,31-32H,10-12,17-22H2,1-7H3,(H,42,45)(H,43,47)(H3,40,41,44)/b9-8-/t28-,31+,32+/m1/s1. The third kappa shape index (κ3) is 10.8. The van der Waals surface area contributed by atoms with Gasteiger partial charge in [0.15, 0.2) is 5.78 Å². The normalized spacial score (nSPS) is 21.4. The number of amides is 2. The third-order valence-electron chi connectivity index (χ3n) is 9.80. The van der Waals surface area contributed by atoms with Gasteiger partial charge in [-0.3, -0.25) is 19.4 Å². The van der Waals surface area contributed by atoms with E-state index in [1.807, 2.05) is 20.8 Å². The van der Waals surface area contributed by atoms with Crippen LogP contribution in [0.3, 0.4) is 0 Å². The van der Waals surface area contributed by atoms with Gasteiger partial charge in [0.2, 0.25) is 17.8 Å². The first-order chi connectivity index (χ1) is 25.4. The molecule has 0 fully saturated rings. The number of sulfonamides is 1. The molecule has 5 N–H and O–H groups in total. The van der Waals surface area contributed by atoms with Gasteiger partial charge >= 0.3 is 5.97 Å². The molecule has 0 saturated carbocycles. The molecular formula is C39H53N5O9S. The fourth-order valence-corrected chi connectivity index (χ4v) is 8.28. The summed E-state index contributed by atoms with van der Waals surface area (Å²) in [6.07, 6.45) is 5.26. The molecule has 2 aromatic rings. The molecule has 0 aliphatic carbocycles. The van der Waals surface area contributed by atoms with Crippen molar-refractivity contribution in [2.75, 3.05) is 20.3 Å². The number of esters is 1. The number of hydrogen-bond acceptors (Lipinski definition) is 10. The molecule has 3 aliphatic heterocycles. The summed E-state index contributed by atoms with van der Waals surface area (Å²) in [6.45, 7) is 10.9. The van der Waals surface area contributed by atoms with Gasteiger partial charge in [-0.25, -0.2) is 17.9 Å². The minimum absolute atomic E-state index is 0.0288. The molecule has 2 aromatic carbocycles. The van der Waals surface area contributed by atoms with Crippen molar-refractivity contribution < 1.29 is 41.8 Å². The van der Waals surface area contributed by atoms with E-state index in [2.05, 4.69) is 20.3 Å². The molecule has 0 radical (unpaired) electrons. The Morgan fingerprint density at radius 3 is 2.43 bits per heavy atom. The molecule has 3 atom stereocenters. The Hall–Kier alpha value is -4.92. The van der Waals surface area contributed by atoms with Gasteiger partial charge in [-0.15, -0.1) is 0 Å². The first-order valence-electron chi connectivity index (χ1n) is 18.1. The Morgan fingerprint density at radius 2 is 1.76 bits per heavy atom. The number of hydrogen-bond donors (Lipinski definition) is 4. The number of ether oxygens (including phenoxy) is 3. The number of ketones is 1. The highest BCUT2D eigenvalue weighted by molar-refractivity contribution is 7.90. The average Bonchev–Trinajstić information content (AvgIpc) is 3.10. The van der Waals surface area contributed by atoms with Crippen LogP contribution in [0.15, 0.2) is 46.3 Å². The van der Waals surface area contributed by atoms with E-state index in [4.69, 9.17) is 19.9 Å². The molecule has 0 spiro atoms. The number of nitrogens with two attached hydrogens (primary N) is 1. The molecule has 0 unspecified atom stereocenters. The second-order valence-corrected chi connectivity index (χ2v) is 16.1. The van der Waals surface area contributed by atoms with Crippen LogP contribution in [0.2, 0.25) is 0 Å². The van der Waals surface area contributed by atoms with E-state index in [1.54, 1.807) is 50.3 Å². The fraction of sp³-hybridized carbons (Fsp3) is 0.513. The summed E-state index contributed by atoms with van der Waals surface area (Å²) >= 11 is 0. The highest BCUT2D eigenvalue weighted by atomic mass is 32.2. The molecule has 2 amide bonds. The van der Waals surface area contributed by atoms with Crippen molar-refractivity contribution in [3.8, 4) is 11.5 Å². The van der Waals surface area contributed by atoms with E-state index in [0.29, 0.717) is 23.3 Å². The lowest BCUT2D eigenvalue weighted by atomic mass is 9.88. The molecule has 3 aliphatic rings. The van der Waals surface area contributed by atoms with E-state index in [9.17, 15) is 27.6 Å². The van der Waals surface area contributed by atoms with Crippen LogP contribution in [0.25, 0.3) is 0 Å². The molecule has 0 aromatic heterocycles. The lowest BCUT2D eigenvalue weighted by molar-refractivity contribution is -0.145. The maximum Gasteiger partial charge on any atom is 0.328 e. The predicted octanol–water partition coefficient (Wildman–Crippen LogP) is 3.41.